The second-order valence-corrected chi connectivity index (χ2v) is 4.56. The maximum absolute atomic E-state index is 8.67. The number of hydrogen-bond donors (Lipinski definition) is 0. The Hall–Kier alpha value is -0.550. The van der Waals surface area contributed by atoms with Crippen molar-refractivity contribution in [1.82, 2.24) is 4.90 Å². The van der Waals surface area contributed by atoms with Crippen LogP contribution in [0.3, 0.4) is 0 Å². The Bertz CT molecular complexity index is 191. The predicted octanol–water partition coefficient (Wildman–Crippen LogP) is 1.88. The van der Waals surface area contributed by atoms with Gasteiger partial charge in [0, 0.05) is 13.0 Å². The van der Waals surface area contributed by atoms with Gasteiger partial charge in [0.05, 0.1) is 6.07 Å². The fourth-order valence-corrected chi connectivity index (χ4v) is 1.85. The normalized spacial score (nSPS) is 29.7. The molecule has 1 atom stereocenters. The molecule has 0 aromatic rings. The Kier molecular flexibility index (Phi) is 2.74. The van der Waals surface area contributed by atoms with Gasteiger partial charge in [-0.05, 0) is 31.3 Å². The first kappa shape index (κ1) is 9.54. The van der Waals surface area contributed by atoms with Crippen LogP contribution >= 0.6 is 0 Å². The van der Waals surface area contributed by atoms with Crippen LogP contribution in [0.15, 0.2) is 0 Å². The smallest absolute Gasteiger partial charge is 0.0625 e. The van der Waals surface area contributed by atoms with Gasteiger partial charge in [-0.15, -0.1) is 0 Å². The van der Waals surface area contributed by atoms with E-state index in [1.165, 1.54) is 13.0 Å². The van der Waals surface area contributed by atoms with Gasteiger partial charge in [0.1, 0.15) is 0 Å². The summed E-state index contributed by atoms with van der Waals surface area (Å²) in [7, 11) is 2.14. The second kappa shape index (κ2) is 3.45. The number of piperidine rings is 1. The minimum Gasteiger partial charge on any atom is -0.306 e. The van der Waals surface area contributed by atoms with E-state index in [4.69, 9.17) is 5.26 Å². The van der Waals surface area contributed by atoms with Crippen molar-refractivity contribution >= 4 is 0 Å². The lowest BCUT2D eigenvalue weighted by atomic mass is 9.72. The lowest BCUT2D eigenvalue weighted by Crippen LogP contribution is -2.42. The van der Waals surface area contributed by atoms with Crippen molar-refractivity contribution < 1.29 is 0 Å². The molecule has 2 nitrogen and oxygen atoms in total. The molecule has 2 heteroatoms. The standard InChI is InChI=1S/C10H18N2/c1-10(2)5-7-12(3)8-9(10)4-6-11/h9H,4-5,7-8H2,1-3H3. The van der Waals surface area contributed by atoms with Crippen LogP contribution in [0.25, 0.3) is 0 Å². The second-order valence-electron chi connectivity index (χ2n) is 4.56. The van der Waals surface area contributed by atoms with Gasteiger partial charge in [-0.1, -0.05) is 13.8 Å². The SMILES string of the molecule is CN1CCC(C)(C)C(CC#N)C1. The van der Waals surface area contributed by atoms with E-state index in [1.54, 1.807) is 0 Å². The highest BCUT2D eigenvalue weighted by Gasteiger charge is 2.33. The summed E-state index contributed by atoms with van der Waals surface area (Å²) < 4.78 is 0. The molecule has 68 valence electrons. The molecule has 0 aliphatic carbocycles. The summed E-state index contributed by atoms with van der Waals surface area (Å²) in [5.74, 6) is 0.557. The van der Waals surface area contributed by atoms with E-state index < -0.39 is 0 Å². The summed E-state index contributed by atoms with van der Waals surface area (Å²) >= 11 is 0. The molecule has 1 unspecified atom stereocenters. The maximum atomic E-state index is 8.67. The first-order valence-corrected chi connectivity index (χ1v) is 4.62. The largest absolute Gasteiger partial charge is 0.306 e. The Balaban J connectivity index is 2.60. The average molecular weight is 166 g/mol. The van der Waals surface area contributed by atoms with Gasteiger partial charge in [0.2, 0.25) is 0 Å². The molecular weight excluding hydrogens is 148 g/mol. The van der Waals surface area contributed by atoms with E-state index >= 15 is 0 Å². The third-order valence-electron chi connectivity index (χ3n) is 3.11. The fourth-order valence-electron chi connectivity index (χ4n) is 1.85. The van der Waals surface area contributed by atoms with Crippen LogP contribution < -0.4 is 0 Å². The Morgan fingerprint density at radius 2 is 2.25 bits per heavy atom. The lowest BCUT2D eigenvalue weighted by Gasteiger charge is -2.41. The fraction of sp³-hybridized carbons (Fsp3) is 0.900. The zero-order valence-corrected chi connectivity index (χ0v) is 8.30. The molecule has 0 aromatic carbocycles. The Morgan fingerprint density at radius 3 is 2.83 bits per heavy atom. The first-order chi connectivity index (χ1) is 5.56. The molecule has 12 heavy (non-hydrogen) atoms. The van der Waals surface area contributed by atoms with E-state index in [0.29, 0.717) is 17.8 Å². The molecule has 0 saturated carbocycles. The zero-order valence-electron chi connectivity index (χ0n) is 8.30. The van der Waals surface area contributed by atoms with Crippen molar-refractivity contribution in [1.29, 1.82) is 5.26 Å². The maximum Gasteiger partial charge on any atom is 0.0625 e. The van der Waals surface area contributed by atoms with Gasteiger partial charge >= 0.3 is 0 Å². The van der Waals surface area contributed by atoms with Gasteiger partial charge in [0.15, 0.2) is 0 Å². The molecule has 1 heterocycles. The number of nitrogens with zero attached hydrogens (tertiary/aromatic N) is 2. The molecule has 0 bridgehead atoms. The van der Waals surface area contributed by atoms with E-state index in [9.17, 15) is 0 Å². The van der Waals surface area contributed by atoms with E-state index in [1.807, 2.05) is 0 Å². The number of rotatable bonds is 1. The number of likely N-dealkylation sites (tertiary alicyclic amines) is 1. The van der Waals surface area contributed by atoms with Gasteiger partial charge in [0.25, 0.3) is 0 Å². The third kappa shape index (κ3) is 1.98. The summed E-state index contributed by atoms with van der Waals surface area (Å²) in [6.07, 6.45) is 1.92. The van der Waals surface area contributed by atoms with Gasteiger partial charge in [-0.3, -0.25) is 0 Å². The third-order valence-corrected chi connectivity index (χ3v) is 3.11. The molecule has 0 spiro atoms. The summed E-state index contributed by atoms with van der Waals surface area (Å²) in [5, 5.41) is 8.67. The highest BCUT2D eigenvalue weighted by Crippen LogP contribution is 2.36. The van der Waals surface area contributed by atoms with Crippen molar-refractivity contribution in [2.75, 3.05) is 20.1 Å². The summed E-state index contributed by atoms with van der Waals surface area (Å²) in [5.41, 5.74) is 0.363. The molecule has 1 aliphatic heterocycles. The van der Waals surface area contributed by atoms with Crippen molar-refractivity contribution in [2.45, 2.75) is 26.7 Å². The predicted molar refractivity (Wildman–Crippen MR) is 49.6 cm³/mol. The lowest BCUT2D eigenvalue weighted by molar-refractivity contribution is 0.0791. The Labute approximate surface area is 75.2 Å². The average Bonchev–Trinajstić information content (AvgIpc) is 1.98. The van der Waals surface area contributed by atoms with Crippen molar-refractivity contribution in [2.24, 2.45) is 11.3 Å². The first-order valence-electron chi connectivity index (χ1n) is 4.62. The minimum absolute atomic E-state index is 0.363. The topological polar surface area (TPSA) is 27.0 Å². The van der Waals surface area contributed by atoms with Crippen LogP contribution in [0.4, 0.5) is 0 Å². The van der Waals surface area contributed by atoms with E-state index in [-0.39, 0.29) is 0 Å². The molecule has 1 saturated heterocycles. The van der Waals surface area contributed by atoms with Crippen molar-refractivity contribution in [3.8, 4) is 6.07 Å². The molecule has 0 radical (unpaired) electrons. The summed E-state index contributed by atoms with van der Waals surface area (Å²) in [4.78, 5) is 2.33. The number of hydrogen-bond acceptors (Lipinski definition) is 2. The monoisotopic (exact) mass is 166 g/mol. The molecule has 0 amide bonds. The van der Waals surface area contributed by atoms with Crippen LogP contribution in [-0.2, 0) is 0 Å². The molecule has 0 N–H and O–H groups in total. The van der Waals surface area contributed by atoms with Crippen molar-refractivity contribution in [3.05, 3.63) is 0 Å². The summed E-state index contributed by atoms with van der Waals surface area (Å²) in [6.45, 7) is 6.82. The zero-order chi connectivity index (χ0) is 9.19. The quantitative estimate of drug-likeness (QED) is 0.594. The molecule has 1 fully saturated rings. The van der Waals surface area contributed by atoms with Crippen LogP contribution in [0, 0.1) is 22.7 Å². The van der Waals surface area contributed by atoms with Crippen LogP contribution in [-0.4, -0.2) is 25.0 Å². The molecule has 1 rings (SSSR count). The van der Waals surface area contributed by atoms with Crippen LogP contribution in [0.5, 0.6) is 0 Å². The number of nitriles is 1. The van der Waals surface area contributed by atoms with Gasteiger partial charge in [-0.25, -0.2) is 0 Å². The molecule has 1 aliphatic rings. The summed E-state index contributed by atoms with van der Waals surface area (Å²) in [6, 6.07) is 2.29. The van der Waals surface area contributed by atoms with Gasteiger partial charge < -0.3 is 4.90 Å². The van der Waals surface area contributed by atoms with Crippen LogP contribution in [0.2, 0.25) is 0 Å². The minimum atomic E-state index is 0.363. The van der Waals surface area contributed by atoms with E-state index in [0.717, 1.165) is 6.54 Å². The van der Waals surface area contributed by atoms with Crippen molar-refractivity contribution in [3.63, 3.8) is 0 Å². The van der Waals surface area contributed by atoms with Gasteiger partial charge in [-0.2, -0.15) is 5.26 Å². The van der Waals surface area contributed by atoms with Crippen LogP contribution in [0.1, 0.15) is 26.7 Å². The molecule has 0 aromatic heterocycles. The highest BCUT2D eigenvalue weighted by molar-refractivity contribution is 4.90. The Morgan fingerprint density at radius 1 is 1.58 bits per heavy atom. The highest BCUT2D eigenvalue weighted by atomic mass is 15.1. The molecular formula is C10H18N2. The van der Waals surface area contributed by atoms with E-state index in [2.05, 4.69) is 31.9 Å².